The molecule has 0 aromatic rings. The quantitative estimate of drug-likeness (QED) is 0.385. The van der Waals surface area contributed by atoms with E-state index in [9.17, 15) is 13.2 Å². The van der Waals surface area contributed by atoms with Gasteiger partial charge in [0.25, 0.3) is 0 Å². The molecule has 0 aromatic heterocycles. The first-order chi connectivity index (χ1) is 7.56. The maximum Gasteiger partial charge on any atom is 0.389 e. The molecule has 3 heteroatoms. The van der Waals surface area contributed by atoms with Crippen LogP contribution < -0.4 is 0 Å². The van der Waals surface area contributed by atoms with Gasteiger partial charge in [-0.1, -0.05) is 38.5 Å². The van der Waals surface area contributed by atoms with Crippen molar-refractivity contribution < 1.29 is 13.2 Å². The molecule has 0 aromatic carbocycles. The lowest BCUT2D eigenvalue weighted by atomic mass is 10.1. The van der Waals surface area contributed by atoms with E-state index in [1.54, 1.807) is 0 Å². The summed E-state index contributed by atoms with van der Waals surface area (Å²) in [6, 6.07) is 0. The van der Waals surface area contributed by atoms with Gasteiger partial charge in [-0.05, 0) is 12.8 Å². The van der Waals surface area contributed by atoms with Gasteiger partial charge in [0.05, 0.1) is 0 Å². The molecule has 0 radical (unpaired) electrons. The van der Waals surface area contributed by atoms with Crippen molar-refractivity contribution in [2.45, 2.75) is 70.4 Å². The average Bonchev–Trinajstić information content (AvgIpc) is 2.19. The third kappa shape index (κ3) is 13.4. The molecule has 0 aliphatic carbocycles. The van der Waals surface area contributed by atoms with E-state index in [0.717, 1.165) is 44.9 Å². The Bertz CT molecular complexity index is 188. The van der Waals surface area contributed by atoms with Crippen LogP contribution in [0.3, 0.4) is 0 Å². The molecule has 0 amide bonds. The zero-order chi connectivity index (χ0) is 12.3. The van der Waals surface area contributed by atoms with Crippen molar-refractivity contribution in [3.8, 4) is 12.3 Å². The molecule has 0 atom stereocenters. The van der Waals surface area contributed by atoms with Crippen molar-refractivity contribution in [3.63, 3.8) is 0 Å². The molecule has 0 saturated carbocycles. The smallest absolute Gasteiger partial charge is 0.171 e. The third-order valence-electron chi connectivity index (χ3n) is 2.53. The summed E-state index contributed by atoms with van der Waals surface area (Å²) >= 11 is 0. The molecule has 0 aliphatic heterocycles. The summed E-state index contributed by atoms with van der Waals surface area (Å²) in [5.41, 5.74) is 0. The highest BCUT2D eigenvalue weighted by atomic mass is 19.4. The summed E-state index contributed by atoms with van der Waals surface area (Å²) in [6.07, 6.45) is 8.79. The minimum Gasteiger partial charge on any atom is -0.171 e. The van der Waals surface area contributed by atoms with Gasteiger partial charge in [-0.25, -0.2) is 0 Å². The van der Waals surface area contributed by atoms with Crippen LogP contribution in [0.2, 0.25) is 0 Å². The van der Waals surface area contributed by atoms with E-state index in [1.807, 2.05) is 0 Å². The number of terminal acetylenes is 1. The van der Waals surface area contributed by atoms with Crippen LogP contribution in [0.4, 0.5) is 13.2 Å². The van der Waals surface area contributed by atoms with Crippen molar-refractivity contribution in [3.05, 3.63) is 0 Å². The van der Waals surface area contributed by atoms with E-state index in [-0.39, 0.29) is 6.42 Å². The lowest BCUT2D eigenvalue weighted by molar-refractivity contribution is -0.135. The van der Waals surface area contributed by atoms with Crippen molar-refractivity contribution >= 4 is 0 Å². The van der Waals surface area contributed by atoms with Gasteiger partial charge in [0.15, 0.2) is 0 Å². The zero-order valence-corrected chi connectivity index (χ0v) is 9.78. The topological polar surface area (TPSA) is 0 Å². The van der Waals surface area contributed by atoms with Crippen LogP contribution in [0.25, 0.3) is 0 Å². The fourth-order valence-electron chi connectivity index (χ4n) is 1.61. The Morgan fingerprint density at radius 2 is 1.19 bits per heavy atom. The summed E-state index contributed by atoms with van der Waals surface area (Å²) in [4.78, 5) is 0. The highest BCUT2D eigenvalue weighted by Crippen LogP contribution is 2.23. The Morgan fingerprint density at radius 3 is 1.62 bits per heavy atom. The molecule has 0 bridgehead atoms. The Labute approximate surface area is 96.6 Å². The Kier molecular flexibility index (Phi) is 9.18. The second-order valence-corrected chi connectivity index (χ2v) is 4.15. The molecule has 0 unspecified atom stereocenters. The van der Waals surface area contributed by atoms with E-state index in [4.69, 9.17) is 6.42 Å². The molecule has 0 aliphatic rings. The van der Waals surface area contributed by atoms with Crippen LogP contribution in [0.15, 0.2) is 0 Å². The van der Waals surface area contributed by atoms with E-state index in [1.165, 1.54) is 0 Å². The zero-order valence-electron chi connectivity index (χ0n) is 9.78. The normalized spacial score (nSPS) is 11.4. The third-order valence-corrected chi connectivity index (χ3v) is 2.53. The Morgan fingerprint density at radius 1 is 0.750 bits per heavy atom. The number of unbranched alkanes of at least 4 members (excludes halogenated alkanes) is 8. The molecule has 0 heterocycles. The van der Waals surface area contributed by atoms with Gasteiger partial charge >= 0.3 is 6.18 Å². The second kappa shape index (κ2) is 9.57. The lowest BCUT2D eigenvalue weighted by Gasteiger charge is -2.05. The van der Waals surface area contributed by atoms with Gasteiger partial charge in [-0.2, -0.15) is 13.2 Å². The second-order valence-electron chi connectivity index (χ2n) is 4.15. The molecule has 94 valence electrons. The minimum absolute atomic E-state index is 0.278. The summed E-state index contributed by atoms with van der Waals surface area (Å²) < 4.78 is 35.4. The van der Waals surface area contributed by atoms with Crippen molar-refractivity contribution in [1.29, 1.82) is 0 Å². The van der Waals surface area contributed by atoms with Crippen LogP contribution in [-0.2, 0) is 0 Å². The summed E-state index contributed by atoms with van der Waals surface area (Å²) in [6.45, 7) is 0. The van der Waals surface area contributed by atoms with Crippen LogP contribution in [0.5, 0.6) is 0 Å². The van der Waals surface area contributed by atoms with Gasteiger partial charge in [0.2, 0.25) is 0 Å². The predicted molar refractivity (Wildman–Crippen MR) is 61.1 cm³/mol. The SMILES string of the molecule is C#CCCCCCCCCCCC(F)(F)F. The molecule has 0 nitrogen and oxygen atoms in total. The molecule has 0 saturated heterocycles. The van der Waals surface area contributed by atoms with Gasteiger partial charge in [-0.3, -0.25) is 0 Å². The molecule has 16 heavy (non-hydrogen) atoms. The van der Waals surface area contributed by atoms with Gasteiger partial charge in [-0.15, -0.1) is 12.3 Å². The van der Waals surface area contributed by atoms with Crippen LogP contribution in [-0.4, -0.2) is 6.18 Å². The van der Waals surface area contributed by atoms with Crippen molar-refractivity contribution in [2.75, 3.05) is 0 Å². The first-order valence-corrected chi connectivity index (χ1v) is 6.06. The lowest BCUT2D eigenvalue weighted by Crippen LogP contribution is -2.06. The molecular formula is C13H21F3. The maximum atomic E-state index is 11.8. The summed E-state index contributed by atoms with van der Waals surface area (Å²) in [5, 5.41) is 0. The molecule has 0 N–H and O–H groups in total. The number of alkyl halides is 3. The number of hydrogen-bond donors (Lipinski definition) is 0. The van der Waals surface area contributed by atoms with Crippen molar-refractivity contribution in [1.82, 2.24) is 0 Å². The first-order valence-electron chi connectivity index (χ1n) is 6.06. The molecule has 0 fully saturated rings. The van der Waals surface area contributed by atoms with Gasteiger partial charge < -0.3 is 0 Å². The van der Waals surface area contributed by atoms with E-state index in [0.29, 0.717) is 6.42 Å². The predicted octanol–water partition coefficient (Wildman–Crippen LogP) is 5.08. The van der Waals surface area contributed by atoms with Crippen LogP contribution >= 0.6 is 0 Å². The first kappa shape index (κ1) is 15.3. The summed E-state index contributed by atoms with van der Waals surface area (Å²) in [5.74, 6) is 2.59. The van der Waals surface area contributed by atoms with E-state index < -0.39 is 12.6 Å². The molecule has 0 spiro atoms. The molecule has 0 rings (SSSR count). The maximum absolute atomic E-state index is 11.8. The molecular weight excluding hydrogens is 213 g/mol. The highest BCUT2D eigenvalue weighted by Gasteiger charge is 2.25. The summed E-state index contributed by atoms with van der Waals surface area (Å²) in [7, 11) is 0. The monoisotopic (exact) mass is 234 g/mol. The van der Waals surface area contributed by atoms with E-state index in [2.05, 4.69) is 5.92 Å². The largest absolute Gasteiger partial charge is 0.389 e. The fraction of sp³-hybridized carbons (Fsp3) is 0.846. The van der Waals surface area contributed by atoms with Crippen molar-refractivity contribution in [2.24, 2.45) is 0 Å². The van der Waals surface area contributed by atoms with Crippen LogP contribution in [0.1, 0.15) is 64.2 Å². The van der Waals surface area contributed by atoms with Gasteiger partial charge in [0, 0.05) is 12.8 Å². The average molecular weight is 234 g/mol. The Hall–Kier alpha value is -0.650. The number of rotatable bonds is 9. The Balaban J connectivity index is 3.02. The van der Waals surface area contributed by atoms with Gasteiger partial charge in [0.1, 0.15) is 0 Å². The number of hydrogen-bond acceptors (Lipinski definition) is 0. The van der Waals surface area contributed by atoms with Crippen LogP contribution in [0, 0.1) is 12.3 Å². The highest BCUT2D eigenvalue weighted by molar-refractivity contribution is 4.82. The minimum atomic E-state index is -3.98. The number of halogens is 3. The standard InChI is InChI=1S/C13H21F3/c1-2-3-4-5-6-7-8-9-10-11-12-13(14,15)16/h1H,3-12H2. The van der Waals surface area contributed by atoms with E-state index >= 15 is 0 Å². The fourth-order valence-corrected chi connectivity index (χ4v) is 1.61.